The van der Waals surface area contributed by atoms with E-state index in [1.807, 2.05) is 0 Å². The number of aromatic nitrogens is 1. The minimum Gasteiger partial charge on any atom is -0.338 e. The van der Waals surface area contributed by atoms with Crippen LogP contribution in [0, 0.1) is 11.6 Å². The van der Waals surface area contributed by atoms with Crippen molar-refractivity contribution in [3.05, 3.63) is 53.2 Å². The molecule has 2 aromatic rings. The van der Waals surface area contributed by atoms with Crippen molar-refractivity contribution in [3.8, 4) is 0 Å². The van der Waals surface area contributed by atoms with Gasteiger partial charge in [-0.3, -0.25) is 0 Å². The highest BCUT2D eigenvalue weighted by Crippen LogP contribution is 2.20. The van der Waals surface area contributed by atoms with Crippen LogP contribution in [-0.4, -0.2) is 4.98 Å². The maximum absolute atomic E-state index is 13.3. The summed E-state index contributed by atoms with van der Waals surface area (Å²) in [6, 6.07) is 6.34. The molecule has 1 aromatic carbocycles. The number of hydrogen-bond donors (Lipinski definition) is 1. The summed E-state index contributed by atoms with van der Waals surface area (Å²) in [5, 5.41) is 3.13. The van der Waals surface area contributed by atoms with E-state index in [9.17, 15) is 8.78 Å². The van der Waals surface area contributed by atoms with E-state index in [-0.39, 0.29) is 5.69 Å². The zero-order valence-corrected chi connectivity index (χ0v) is 8.80. The van der Waals surface area contributed by atoms with Crippen molar-refractivity contribution in [3.63, 3.8) is 0 Å². The first-order valence-electron chi connectivity index (χ1n) is 4.49. The van der Waals surface area contributed by atoms with Crippen LogP contribution in [0.1, 0.15) is 0 Å². The van der Waals surface area contributed by atoms with Gasteiger partial charge in [-0.15, -0.1) is 0 Å². The maximum Gasteiger partial charge on any atom is 0.146 e. The quantitative estimate of drug-likeness (QED) is 0.865. The highest BCUT2D eigenvalue weighted by molar-refractivity contribution is 6.30. The van der Waals surface area contributed by atoms with Crippen LogP contribution < -0.4 is 5.32 Å². The van der Waals surface area contributed by atoms with Gasteiger partial charge in [0.2, 0.25) is 0 Å². The average molecular weight is 241 g/mol. The van der Waals surface area contributed by atoms with Crippen LogP contribution in [0.2, 0.25) is 5.02 Å². The Morgan fingerprint density at radius 3 is 2.62 bits per heavy atom. The number of nitrogens with one attached hydrogen (secondary N) is 1. The normalized spacial score (nSPS) is 10.2. The number of nitrogens with zero attached hydrogens (tertiary/aromatic N) is 1. The van der Waals surface area contributed by atoms with Gasteiger partial charge >= 0.3 is 0 Å². The lowest BCUT2D eigenvalue weighted by Crippen LogP contribution is -1.96. The molecule has 0 saturated heterocycles. The van der Waals surface area contributed by atoms with E-state index in [4.69, 9.17) is 11.6 Å². The van der Waals surface area contributed by atoms with Crippen LogP contribution in [0.3, 0.4) is 0 Å². The second kappa shape index (κ2) is 4.45. The van der Waals surface area contributed by atoms with Crippen LogP contribution in [0.15, 0.2) is 36.5 Å². The van der Waals surface area contributed by atoms with Gasteiger partial charge < -0.3 is 5.32 Å². The minimum absolute atomic E-state index is 0.0369. The molecule has 5 heteroatoms. The summed E-state index contributed by atoms with van der Waals surface area (Å²) in [5.74, 6) is -0.662. The van der Waals surface area contributed by atoms with Crippen LogP contribution >= 0.6 is 11.6 Å². The number of benzene rings is 1. The fourth-order valence-corrected chi connectivity index (χ4v) is 1.29. The molecule has 2 nitrogen and oxygen atoms in total. The molecule has 16 heavy (non-hydrogen) atoms. The first kappa shape index (κ1) is 10.8. The second-order valence-corrected chi connectivity index (χ2v) is 3.55. The first-order valence-corrected chi connectivity index (χ1v) is 4.86. The molecule has 82 valence electrons. The molecule has 0 bridgehead atoms. The van der Waals surface area contributed by atoms with Crippen LogP contribution in [-0.2, 0) is 0 Å². The molecule has 0 aliphatic heterocycles. The number of halogens is 3. The van der Waals surface area contributed by atoms with E-state index >= 15 is 0 Å². The topological polar surface area (TPSA) is 24.9 Å². The summed E-state index contributed by atoms with van der Waals surface area (Å²) >= 11 is 5.65. The molecule has 0 fully saturated rings. The van der Waals surface area contributed by atoms with Gasteiger partial charge in [0.05, 0.1) is 10.7 Å². The lowest BCUT2D eigenvalue weighted by atomic mass is 10.3. The van der Waals surface area contributed by atoms with Gasteiger partial charge in [-0.2, -0.15) is 0 Å². The molecule has 0 atom stereocenters. The lowest BCUT2D eigenvalue weighted by molar-refractivity contribution is 0.603. The Morgan fingerprint density at radius 2 is 1.94 bits per heavy atom. The van der Waals surface area contributed by atoms with Crippen molar-refractivity contribution in [1.29, 1.82) is 0 Å². The Hall–Kier alpha value is -1.68. The third-order valence-corrected chi connectivity index (χ3v) is 2.14. The zero-order valence-electron chi connectivity index (χ0n) is 8.05. The van der Waals surface area contributed by atoms with Gasteiger partial charge in [0.1, 0.15) is 17.5 Å². The third-order valence-electron chi connectivity index (χ3n) is 1.92. The molecule has 0 amide bonds. The summed E-state index contributed by atoms with van der Waals surface area (Å²) in [6.07, 6.45) is 1.42. The number of hydrogen-bond acceptors (Lipinski definition) is 2. The lowest BCUT2D eigenvalue weighted by Gasteiger charge is -2.06. The molecule has 0 aliphatic carbocycles. The van der Waals surface area contributed by atoms with Gasteiger partial charge in [-0.05, 0) is 24.3 Å². The van der Waals surface area contributed by atoms with E-state index in [0.29, 0.717) is 10.8 Å². The van der Waals surface area contributed by atoms with Crippen LogP contribution in [0.25, 0.3) is 0 Å². The molecule has 1 aromatic heterocycles. The minimum atomic E-state index is -0.543. The molecule has 0 saturated carbocycles. The fraction of sp³-hybridized carbons (Fsp3) is 0. The third kappa shape index (κ3) is 2.46. The van der Waals surface area contributed by atoms with Crippen molar-refractivity contribution in [1.82, 2.24) is 4.98 Å². The predicted molar refractivity (Wildman–Crippen MR) is 58.9 cm³/mol. The van der Waals surface area contributed by atoms with Gasteiger partial charge in [0.15, 0.2) is 0 Å². The molecular weight excluding hydrogens is 234 g/mol. The van der Waals surface area contributed by atoms with E-state index in [0.717, 1.165) is 18.2 Å². The maximum atomic E-state index is 13.3. The van der Waals surface area contributed by atoms with Crippen molar-refractivity contribution < 1.29 is 8.78 Å². The smallest absolute Gasteiger partial charge is 0.146 e. The summed E-state index contributed by atoms with van der Waals surface area (Å²) < 4.78 is 26.1. The highest BCUT2D eigenvalue weighted by atomic mass is 35.5. The molecule has 1 N–H and O–H groups in total. The molecule has 0 radical (unpaired) electrons. The molecule has 1 heterocycles. The molecular formula is C11H7ClF2N2. The predicted octanol–water partition coefficient (Wildman–Crippen LogP) is 3.76. The highest BCUT2D eigenvalue weighted by Gasteiger charge is 2.04. The van der Waals surface area contributed by atoms with E-state index < -0.39 is 11.6 Å². The standard InChI is InChI=1S/C11H7ClF2N2/c12-7-1-4-11(15-6-7)16-10-5-8(13)2-3-9(10)14/h1-6H,(H,15,16). The van der Waals surface area contributed by atoms with E-state index in [1.54, 1.807) is 12.1 Å². The number of anilines is 2. The van der Waals surface area contributed by atoms with Gasteiger partial charge in [0, 0.05) is 12.3 Å². The fourth-order valence-electron chi connectivity index (χ4n) is 1.18. The molecule has 0 unspecified atom stereocenters. The Morgan fingerprint density at radius 1 is 1.12 bits per heavy atom. The molecule has 2 rings (SSSR count). The summed E-state index contributed by atoms with van der Waals surface area (Å²) in [5.41, 5.74) is 0.0369. The van der Waals surface area contributed by atoms with Crippen molar-refractivity contribution in [2.24, 2.45) is 0 Å². The Bertz CT molecular complexity index is 500. The zero-order chi connectivity index (χ0) is 11.5. The molecule has 0 spiro atoms. The van der Waals surface area contributed by atoms with Gasteiger partial charge in [-0.1, -0.05) is 11.6 Å². The van der Waals surface area contributed by atoms with Crippen LogP contribution in [0.4, 0.5) is 20.3 Å². The Balaban J connectivity index is 2.26. The molecule has 0 aliphatic rings. The van der Waals surface area contributed by atoms with Crippen molar-refractivity contribution >= 4 is 23.1 Å². The van der Waals surface area contributed by atoms with E-state index in [2.05, 4.69) is 10.3 Å². The summed E-state index contributed by atoms with van der Waals surface area (Å²) in [4.78, 5) is 3.91. The van der Waals surface area contributed by atoms with Gasteiger partial charge in [-0.25, -0.2) is 13.8 Å². The largest absolute Gasteiger partial charge is 0.338 e. The second-order valence-electron chi connectivity index (χ2n) is 3.11. The number of pyridine rings is 1. The van der Waals surface area contributed by atoms with Crippen LogP contribution in [0.5, 0.6) is 0 Å². The Kier molecular flexibility index (Phi) is 3.01. The van der Waals surface area contributed by atoms with Gasteiger partial charge in [0.25, 0.3) is 0 Å². The summed E-state index contributed by atoms with van der Waals surface area (Å²) in [7, 11) is 0. The van der Waals surface area contributed by atoms with E-state index in [1.165, 1.54) is 6.20 Å². The summed E-state index contributed by atoms with van der Waals surface area (Å²) in [6.45, 7) is 0. The number of rotatable bonds is 2. The first-order chi connectivity index (χ1) is 7.65. The van der Waals surface area contributed by atoms with Crippen molar-refractivity contribution in [2.75, 3.05) is 5.32 Å². The average Bonchev–Trinajstić information content (AvgIpc) is 2.27. The van der Waals surface area contributed by atoms with Crippen molar-refractivity contribution in [2.45, 2.75) is 0 Å². The monoisotopic (exact) mass is 240 g/mol. The Labute approximate surface area is 95.9 Å². The SMILES string of the molecule is Fc1ccc(F)c(Nc2ccc(Cl)cn2)c1.